The Hall–Kier alpha value is 1.33. The molecule has 0 fully saturated rings. The van der Waals surface area contributed by atoms with Crippen molar-refractivity contribution in [3.8, 4) is 0 Å². The molecule has 284 valence electrons. The van der Waals surface area contributed by atoms with E-state index in [0.29, 0.717) is 0 Å². The number of phosphoric acid groups is 1. The molecule has 0 radical (unpaired) electrons. The van der Waals surface area contributed by atoms with E-state index in [4.69, 9.17) is 24.0 Å². The van der Waals surface area contributed by atoms with Gasteiger partial charge in [0.25, 0.3) is 0 Å². The SMILES string of the molecule is CCCCCCCCCCC(CCCCCCCC)COCC(CCCCCCCC)CCCCCCCCCC.O=P(O)(O)O.[Ca+2].[H-].[H-]. The van der Waals surface area contributed by atoms with E-state index in [2.05, 4.69) is 27.7 Å². The minimum absolute atomic E-state index is 0. The van der Waals surface area contributed by atoms with Crippen LogP contribution in [0.5, 0.6) is 0 Å². The third kappa shape index (κ3) is 51.8. The van der Waals surface area contributed by atoms with Crippen LogP contribution in [0.2, 0.25) is 0 Å². The summed E-state index contributed by atoms with van der Waals surface area (Å²) in [6, 6.07) is 0. The molecule has 2 atom stereocenters. The Labute approximate surface area is 328 Å². The van der Waals surface area contributed by atoms with Gasteiger partial charge in [0.1, 0.15) is 0 Å². The van der Waals surface area contributed by atoms with Crippen LogP contribution in [0.25, 0.3) is 0 Å². The Morgan fingerprint density at radius 1 is 0.404 bits per heavy atom. The van der Waals surface area contributed by atoms with Gasteiger partial charge in [-0.3, -0.25) is 0 Å². The molecule has 0 heterocycles. The summed E-state index contributed by atoms with van der Waals surface area (Å²) >= 11 is 0. The molecule has 0 aromatic rings. The minimum atomic E-state index is -4.64. The van der Waals surface area contributed by atoms with Crippen LogP contribution in [-0.4, -0.2) is 65.6 Å². The van der Waals surface area contributed by atoms with Gasteiger partial charge in [0.2, 0.25) is 0 Å². The van der Waals surface area contributed by atoms with Gasteiger partial charge in [-0.25, -0.2) is 4.57 Å². The van der Waals surface area contributed by atoms with Crippen LogP contribution >= 0.6 is 7.82 Å². The van der Waals surface area contributed by atoms with Gasteiger partial charge in [-0.1, -0.05) is 207 Å². The van der Waals surface area contributed by atoms with Crippen molar-refractivity contribution in [3.05, 3.63) is 0 Å². The second-order valence-corrected chi connectivity index (χ2v) is 15.4. The Kier molecular flexibility index (Phi) is 48.8. The molecule has 7 heteroatoms. The maximum absolute atomic E-state index is 8.88. The monoisotopic (exact) mass is 719 g/mol. The summed E-state index contributed by atoms with van der Waals surface area (Å²) in [5.41, 5.74) is 0. The Bertz CT molecular complexity index is 567. The molecular weight excluding hydrogens is 631 g/mol. The number of ether oxygens (including phenoxy) is 1. The van der Waals surface area contributed by atoms with Crippen LogP contribution < -0.4 is 0 Å². The first-order valence-electron chi connectivity index (χ1n) is 20.6. The van der Waals surface area contributed by atoms with Crippen molar-refractivity contribution in [1.29, 1.82) is 0 Å². The Balaban J connectivity index is -0.000000747. The number of unbranched alkanes of at least 4 members (excludes halogenated alkanes) is 24. The zero-order chi connectivity index (χ0) is 34.4. The minimum Gasteiger partial charge on any atom is -1.00 e. The average Bonchev–Trinajstić information content (AvgIpc) is 3.01. The fraction of sp³-hybridized carbons (Fsp3) is 1.00. The largest absolute Gasteiger partial charge is 2.00 e. The van der Waals surface area contributed by atoms with E-state index in [0.717, 1.165) is 25.0 Å². The van der Waals surface area contributed by atoms with Crippen LogP contribution in [0.4, 0.5) is 0 Å². The molecular formula is C40H87CaO5P. The summed E-state index contributed by atoms with van der Waals surface area (Å²) < 4.78 is 15.5. The van der Waals surface area contributed by atoms with E-state index in [1.165, 1.54) is 205 Å². The predicted molar refractivity (Wildman–Crippen MR) is 210 cm³/mol. The zero-order valence-corrected chi connectivity index (χ0v) is 35.6. The average molecular weight is 719 g/mol. The quantitative estimate of drug-likeness (QED) is 0.0341. The van der Waals surface area contributed by atoms with Crippen molar-refractivity contribution in [2.75, 3.05) is 13.2 Å². The molecule has 0 aromatic carbocycles. The van der Waals surface area contributed by atoms with Crippen LogP contribution in [0.15, 0.2) is 0 Å². The van der Waals surface area contributed by atoms with Crippen LogP contribution in [0.1, 0.15) is 236 Å². The predicted octanol–water partition coefficient (Wildman–Crippen LogP) is 13.7. The van der Waals surface area contributed by atoms with E-state index >= 15 is 0 Å². The maximum Gasteiger partial charge on any atom is 2.00 e. The summed E-state index contributed by atoms with van der Waals surface area (Å²) in [6.07, 6.45) is 45.6. The van der Waals surface area contributed by atoms with E-state index in [9.17, 15) is 0 Å². The number of hydrogen-bond acceptors (Lipinski definition) is 2. The molecule has 0 aliphatic carbocycles. The molecule has 0 saturated heterocycles. The fourth-order valence-corrected chi connectivity index (χ4v) is 6.58. The molecule has 3 N–H and O–H groups in total. The van der Waals surface area contributed by atoms with Crippen molar-refractivity contribution in [3.63, 3.8) is 0 Å². The van der Waals surface area contributed by atoms with Gasteiger partial charge in [-0.05, 0) is 37.5 Å². The smallest absolute Gasteiger partial charge is 1.00 e. The summed E-state index contributed by atoms with van der Waals surface area (Å²) in [7, 11) is -4.64. The molecule has 0 aliphatic rings. The number of hydrogen-bond donors (Lipinski definition) is 3. The van der Waals surface area contributed by atoms with Crippen molar-refractivity contribution in [1.82, 2.24) is 0 Å². The van der Waals surface area contributed by atoms with Crippen LogP contribution in [0, 0.1) is 11.8 Å². The van der Waals surface area contributed by atoms with Crippen molar-refractivity contribution in [2.24, 2.45) is 11.8 Å². The van der Waals surface area contributed by atoms with E-state index in [-0.39, 0.29) is 40.6 Å². The normalized spacial score (nSPS) is 12.7. The van der Waals surface area contributed by atoms with Gasteiger partial charge in [-0.2, -0.15) is 0 Å². The molecule has 5 nitrogen and oxygen atoms in total. The van der Waals surface area contributed by atoms with E-state index in [1.54, 1.807) is 0 Å². The molecule has 47 heavy (non-hydrogen) atoms. The van der Waals surface area contributed by atoms with Gasteiger partial charge in [-0.15, -0.1) is 0 Å². The maximum atomic E-state index is 8.88. The molecule has 2 unspecified atom stereocenters. The molecule has 0 bridgehead atoms. The summed E-state index contributed by atoms with van der Waals surface area (Å²) in [5, 5.41) is 0. The molecule has 0 aromatic heterocycles. The van der Waals surface area contributed by atoms with Gasteiger partial charge >= 0.3 is 45.6 Å². The van der Waals surface area contributed by atoms with Gasteiger partial charge < -0.3 is 22.3 Å². The first-order chi connectivity index (χ1) is 22.3. The zero-order valence-electron chi connectivity index (χ0n) is 34.5. The summed E-state index contributed by atoms with van der Waals surface area (Å²) in [4.78, 5) is 21.6. The van der Waals surface area contributed by atoms with Crippen molar-refractivity contribution in [2.45, 2.75) is 233 Å². The molecule has 0 aliphatic heterocycles. The Morgan fingerprint density at radius 3 is 0.766 bits per heavy atom. The van der Waals surface area contributed by atoms with Crippen LogP contribution in [0.3, 0.4) is 0 Å². The first kappa shape index (κ1) is 52.7. The molecule has 0 saturated carbocycles. The van der Waals surface area contributed by atoms with Gasteiger partial charge in [0, 0.05) is 13.2 Å². The summed E-state index contributed by atoms with van der Waals surface area (Å²) in [5.74, 6) is 1.61. The second kappa shape index (κ2) is 43.5. The van der Waals surface area contributed by atoms with Crippen LogP contribution in [-0.2, 0) is 9.30 Å². The summed E-state index contributed by atoms with van der Waals surface area (Å²) in [6.45, 7) is 11.4. The standard InChI is InChI=1S/C40H82O.Ca.H3O4P.2H/c1-5-9-13-17-21-23-27-31-35-39(33-29-25-19-15-11-7-3)37-41-38-40(34-30-26-20-16-12-8-4)36-32-28-24-22-18-14-10-6-2;;1-5(2,3)4;;/h39-40H,5-38H2,1-4H3;;(H3,1,2,3,4);;/q;+2;;2*-1. The molecule has 0 amide bonds. The van der Waals surface area contributed by atoms with Crippen molar-refractivity contribution < 1.29 is 26.8 Å². The third-order valence-corrected chi connectivity index (χ3v) is 9.57. The van der Waals surface area contributed by atoms with Gasteiger partial charge in [0.15, 0.2) is 0 Å². The second-order valence-electron chi connectivity index (χ2n) is 14.4. The first-order valence-corrected chi connectivity index (χ1v) is 22.2. The van der Waals surface area contributed by atoms with Gasteiger partial charge in [0.05, 0.1) is 0 Å². The topological polar surface area (TPSA) is 87.0 Å². The van der Waals surface area contributed by atoms with E-state index in [1.807, 2.05) is 0 Å². The van der Waals surface area contributed by atoms with Crippen molar-refractivity contribution >= 4 is 45.6 Å². The fourth-order valence-electron chi connectivity index (χ4n) is 6.58. The Morgan fingerprint density at radius 2 is 0.574 bits per heavy atom. The number of rotatable bonds is 36. The third-order valence-electron chi connectivity index (χ3n) is 9.57. The molecule has 0 rings (SSSR count). The van der Waals surface area contributed by atoms with E-state index < -0.39 is 7.82 Å². The molecule has 0 spiro atoms.